The van der Waals surface area contributed by atoms with Crippen molar-refractivity contribution in [3.63, 3.8) is 0 Å². The number of hydrogen-bond acceptors (Lipinski definition) is 2. The molecule has 0 amide bonds. The minimum Gasteiger partial charge on any atom is -0.289 e. The zero-order chi connectivity index (χ0) is 17.9. The lowest BCUT2D eigenvalue weighted by molar-refractivity contribution is -0.137. The number of rotatable bonds is 4. The Morgan fingerprint density at radius 1 is 1.04 bits per heavy atom. The van der Waals surface area contributed by atoms with E-state index in [1.54, 1.807) is 17.1 Å². The molecule has 0 aliphatic heterocycles. The first-order valence-electron chi connectivity index (χ1n) is 7.43. The molecule has 0 fully saturated rings. The van der Waals surface area contributed by atoms with Gasteiger partial charge in [-0.3, -0.25) is 4.79 Å². The molecule has 0 radical (unpaired) electrons. The van der Waals surface area contributed by atoms with E-state index in [-0.39, 0.29) is 5.56 Å². The molecule has 3 aromatic rings. The van der Waals surface area contributed by atoms with E-state index in [9.17, 15) is 18.0 Å². The van der Waals surface area contributed by atoms with Crippen LogP contribution in [-0.2, 0) is 6.18 Å². The van der Waals surface area contributed by atoms with Gasteiger partial charge in [-0.25, -0.2) is 4.68 Å². The summed E-state index contributed by atoms with van der Waals surface area (Å²) in [5.74, 6) is -0.501. The van der Waals surface area contributed by atoms with Crippen molar-refractivity contribution in [2.24, 2.45) is 0 Å². The fourth-order valence-corrected chi connectivity index (χ4v) is 2.26. The highest BCUT2D eigenvalue weighted by atomic mass is 19.4. The molecule has 126 valence electrons. The Balaban J connectivity index is 1.77. The van der Waals surface area contributed by atoms with Crippen LogP contribution in [0, 0.1) is 0 Å². The lowest BCUT2D eigenvalue weighted by Crippen LogP contribution is -2.06. The van der Waals surface area contributed by atoms with Crippen molar-refractivity contribution in [3.8, 4) is 5.69 Å². The molecule has 25 heavy (non-hydrogen) atoms. The smallest absolute Gasteiger partial charge is 0.289 e. The maximum atomic E-state index is 12.7. The molecule has 0 unspecified atom stereocenters. The van der Waals surface area contributed by atoms with Crippen molar-refractivity contribution >= 4 is 11.9 Å². The molecule has 0 aliphatic carbocycles. The van der Waals surface area contributed by atoms with Crippen LogP contribution in [0.15, 0.2) is 73.1 Å². The Bertz CT molecular complexity index is 912. The number of hydrogen-bond donors (Lipinski definition) is 0. The van der Waals surface area contributed by atoms with E-state index in [1.165, 1.54) is 24.3 Å². The SMILES string of the molecule is O=C(/C=C/c1cnn(-c2ccccc2)c1)c1cccc(C(F)(F)F)c1. The summed E-state index contributed by atoms with van der Waals surface area (Å²) in [7, 11) is 0. The maximum Gasteiger partial charge on any atom is 0.416 e. The maximum absolute atomic E-state index is 12.7. The van der Waals surface area contributed by atoms with E-state index in [4.69, 9.17) is 0 Å². The highest BCUT2D eigenvalue weighted by molar-refractivity contribution is 6.06. The normalized spacial score (nSPS) is 11.8. The molecule has 0 aliphatic rings. The summed E-state index contributed by atoms with van der Waals surface area (Å²) in [4.78, 5) is 12.1. The second-order valence-electron chi connectivity index (χ2n) is 5.33. The molecule has 6 heteroatoms. The molecule has 3 rings (SSSR count). The topological polar surface area (TPSA) is 34.9 Å². The number of para-hydroxylation sites is 1. The van der Waals surface area contributed by atoms with E-state index in [2.05, 4.69) is 5.10 Å². The van der Waals surface area contributed by atoms with E-state index >= 15 is 0 Å². The Kier molecular flexibility index (Phi) is 4.52. The summed E-state index contributed by atoms with van der Waals surface area (Å²) in [5.41, 5.74) is 0.681. The third-order valence-corrected chi connectivity index (χ3v) is 3.52. The van der Waals surface area contributed by atoms with Crippen LogP contribution in [0.5, 0.6) is 0 Å². The lowest BCUT2D eigenvalue weighted by atomic mass is 10.1. The van der Waals surface area contributed by atoms with Crippen molar-refractivity contribution in [1.82, 2.24) is 9.78 Å². The Labute approximate surface area is 142 Å². The molecule has 0 atom stereocenters. The zero-order valence-electron chi connectivity index (χ0n) is 12.9. The number of carbonyl (C=O) groups is 1. The van der Waals surface area contributed by atoms with Crippen LogP contribution in [0.2, 0.25) is 0 Å². The fourth-order valence-electron chi connectivity index (χ4n) is 2.26. The first kappa shape index (κ1) is 16.7. The second-order valence-corrected chi connectivity index (χ2v) is 5.33. The van der Waals surface area contributed by atoms with Gasteiger partial charge in [0.1, 0.15) is 0 Å². The summed E-state index contributed by atoms with van der Waals surface area (Å²) in [6.45, 7) is 0. The molecule has 1 aromatic heterocycles. The van der Waals surface area contributed by atoms with Gasteiger partial charge in [0, 0.05) is 17.3 Å². The van der Waals surface area contributed by atoms with Crippen LogP contribution in [0.1, 0.15) is 21.5 Å². The predicted octanol–water partition coefficient (Wildman–Crippen LogP) is 4.79. The second kappa shape index (κ2) is 6.76. The van der Waals surface area contributed by atoms with Crippen LogP contribution in [0.3, 0.4) is 0 Å². The average Bonchev–Trinajstić information content (AvgIpc) is 3.09. The van der Waals surface area contributed by atoms with Gasteiger partial charge in [0.2, 0.25) is 0 Å². The van der Waals surface area contributed by atoms with Gasteiger partial charge < -0.3 is 0 Å². The Hall–Kier alpha value is -3.15. The van der Waals surface area contributed by atoms with Crippen LogP contribution in [0.4, 0.5) is 13.2 Å². The molecule has 0 N–H and O–H groups in total. The first-order valence-corrected chi connectivity index (χ1v) is 7.43. The molecular weight excluding hydrogens is 329 g/mol. The first-order chi connectivity index (χ1) is 11.9. The van der Waals surface area contributed by atoms with Crippen molar-refractivity contribution in [2.45, 2.75) is 6.18 Å². The summed E-state index contributed by atoms with van der Waals surface area (Å²) in [6, 6.07) is 13.8. The predicted molar refractivity (Wildman–Crippen MR) is 88.4 cm³/mol. The molecule has 1 heterocycles. The zero-order valence-corrected chi connectivity index (χ0v) is 12.9. The molecular formula is C19H13F3N2O. The van der Waals surface area contributed by atoms with Crippen LogP contribution >= 0.6 is 0 Å². The highest BCUT2D eigenvalue weighted by Gasteiger charge is 2.30. The van der Waals surface area contributed by atoms with Crippen molar-refractivity contribution in [3.05, 3.63) is 89.8 Å². The van der Waals surface area contributed by atoms with Gasteiger partial charge in [0.05, 0.1) is 17.4 Å². The quantitative estimate of drug-likeness (QED) is 0.505. The number of allylic oxidation sites excluding steroid dienone is 1. The number of aromatic nitrogens is 2. The van der Waals surface area contributed by atoms with Crippen molar-refractivity contribution < 1.29 is 18.0 Å². The minimum atomic E-state index is -4.48. The third kappa shape index (κ3) is 4.03. The van der Waals surface area contributed by atoms with Crippen LogP contribution in [-0.4, -0.2) is 15.6 Å². The van der Waals surface area contributed by atoms with Gasteiger partial charge in [-0.05, 0) is 36.4 Å². The van der Waals surface area contributed by atoms with Crippen LogP contribution < -0.4 is 0 Å². The van der Waals surface area contributed by atoms with Crippen LogP contribution in [0.25, 0.3) is 11.8 Å². The Morgan fingerprint density at radius 3 is 2.52 bits per heavy atom. The fraction of sp³-hybridized carbons (Fsp3) is 0.0526. The molecule has 3 nitrogen and oxygen atoms in total. The van der Waals surface area contributed by atoms with Gasteiger partial charge >= 0.3 is 6.18 Å². The van der Waals surface area contributed by atoms with E-state index in [0.29, 0.717) is 5.56 Å². The lowest BCUT2D eigenvalue weighted by Gasteiger charge is -2.06. The monoisotopic (exact) mass is 342 g/mol. The summed E-state index contributed by atoms with van der Waals surface area (Å²) in [5, 5.41) is 4.19. The highest BCUT2D eigenvalue weighted by Crippen LogP contribution is 2.29. The molecule has 0 saturated heterocycles. The number of ketones is 1. The summed E-state index contributed by atoms with van der Waals surface area (Å²) in [6.07, 6.45) is 1.59. The number of alkyl halides is 3. The third-order valence-electron chi connectivity index (χ3n) is 3.52. The van der Waals surface area contributed by atoms with Crippen molar-refractivity contribution in [1.29, 1.82) is 0 Å². The van der Waals surface area contributed by atoms with Crippen molar-refractivity contribution in [2.75, 3.05) is 0 Å². The minimum absolute atomic E-state index is 0.0125. The van der Waals surface area contributed by atoms with E-state index in [0.717, 1.165) is 17.8 Å². The Morgan fingerprint density at radius 2 is 1.80 bits per heavy atom. The number of halogens is 3. The summed E-state index contributed by atoms with van der Waals surface area (Å²) >= 11 is 0. The van der Waals surface area contributed by atoms with Gasteiger partial charge in [-0.1, -0.05) is 30.3 Å². The summed E-state index contributed by atoms with van der Waals surface area (Å²) < 4.78 is 39.8. The van der Waals surface area contributed by atoms with E-state index < -0.39 is 17.5 Å². The van der Waals surface area contributed by atoms with Gasteiger partial charge in [0.25, 0.3) is 0 Å². The molecule has 0 saturated carbocycles. The molecule has 2 aromatic carbocycles. The van der Waals surface area contributed by atoms with E-state index in [1.807, 2.05) is 30.3 Å². The number of carbonyl (C=O) groups excluding carboxylic acids is 1. The standard InChI is InChI=1S/C19H13F3N2O/c20-19(21,22)16-6-4-5-15(11-16)18(25)10-9-14-12-23-24(13-14)17-7-2-1-3-8-17/h1-13H/b10-9+. The number of nitrogens with zero attached hydrogens (tertiary/aromatic N) is 2. The van der Waals surface area contributed by atoms with Gasteiger partial charge in [0.15, 0.2) is 5.78 Å². The molecule has 0 spiro atoms. The number of benzene rings is 2. The van der Waals surface area contributed by atoms with Gasteiger partial charge in [-0.2, -0.15) is 18.3 Å². The molecule has 0 bridgehead atoms. The largest absolute Gasteiger partial charge is 0.416 e. The average molecular weight is 342 g/mol. The van der Waals surface area contributed by atoms with Gasteiger partial charge in [-0.15, -0.1) is 0 Å².